The lowest BCUT2D eigenvalue weighted by Gasteiger charge is -2.42. The number of hydrogen-bond acceptors (Lipinski definition) is 1. The average Bonchev–Trinajstić information content (AvgIpc) is 2.41. The lowest BCUT2D eigenvalue weighted by molar-refractivity contribution is 0.0947. The van der Waals surface area contributed by atoms with Crippen molar-refractivity contribution in [2.75, 3.05) is 13.1 Å². The van der Waals surface area contributed by atoms with Gasteiger partial charge < -0.3 is 5.32 Å². The third-order valence-corrected chi connectivity index (χ3v) is 5.51. The minimum atomic E-state index is 0.580. The number of unbranched alkanes of at least 4 members (excludes halogenated alkanes) is 1. The molecule has 1 aliphatic carbocycles. The number of hydrogen-bond donors (Lipinski definition) is 1. The quantitative estimate of drug-likeness (QED) is 0.576. The summed E-state index contributed by atoms with van der Waals surface area (Å²) in [7, 11) is 0. The first-order chi connectivity index (χ1) is 9.52. The molecule has 0 aliphatic heterocycles. The minimum absolute atomic E-state index is 0.580. The van der Waals surface area contributed by atoms with E-state index < -0.39 is 0 Å². The predicted molar refractivity (Wildman–Crippen MR) is 91.1 cm³/mol. The molecule has 1 rings (SSSR count). The number of nitrogens with one attached hydrogen (secondary N) is 1. The highest BCUT2D eigenvalue weighted by Gasteiger charge is 2.35. The van der Waals surface area contributed by atoms with Gasteiger partial charge in [0.15, 0.2) is 0 Å². The van der Waals surface area contributed by atoms with E-state index in [9.17, 15) is 0 Å². The van der Waals surface area contributed by atoms with E-state index in [1.54, 1.807) is 0 Å². The van der Waals surface area contributed by atoms with E-state index in [-0.39, 0.29) is 0 Å². The van der Waals surface area contributed by atoms with E-state index in [1.807, 2.05) is 0 Å². The highest BCUT2D eigenvalue weighted by Crippen LogP contribution is 2.44. The Balaban J connectivity index is 2.57. The van der Waals surface area contributed by atoms with Crippen molar-refractivity contribution in [3.05, 3.63) is 0 Å². The Morgan fingerprint density at radius 3 is 2.50 bits per heavy atom. The molecule has 0 radical (unpaired) electrons. The van der Waals surface area contributed by atoms with Crippen molar-refractivity contribution in [3.63, 3.8) is 0 Å². The highest BCUT2D eigenvalue weighted by atomic mass is 14.8. The molecule has 0 spiro atoms. The van der Waals surface area contributed by atoms with Crippen LogP contribution < -0.4 is 5.32 Å². The summed E-state index contributed by atoms with van der Waals surface area (Å²) in [5, 5.41) is 3.61. The molecule has 1 saturated carbocycles. The van der Waals surface area contributed by atoms with Gasteiger partial charge in [-0.2, -0.15) is 0 Å². The molecule has 1 fully saturated rings. The van der Waals surface area contributed by atoms with Crippen molar-refractivity contribution in [3.8, 4) is 0 Å². The SMILES string of the molecule is CCCCC(CC)CC1CC(C)(C)CCC1CNCC. The molecule has 0 aromatic carbocycles. The Morgan fingerprint density at radius 2 is 1.90 bits per heavy atom. The molecule has 1 nitrogen and oxygen atoms in total. The fourth-order valence-electron chi connectivity index (χ4n) is 4.07. The first-order valence-electron chi connectivity index (χ1n) is 9.23. The summed E-state index contributed by atoms with van der Waals surface area (Å²) in [6.07, 6.45) is 11.4. The number of rotatable bonds is 9. The van der Waals surface area contributed by atoms with Crippen molar-refractivity contribution in [1.29, 1.82) is 0 Å². The summed E-state index contributed by atoms with van der Waals surface area (Å²) in [5.41, 5.74) is 0.580. The van der Waals surface area contributed by atoms with Crippen molar-refractivity contribution in [2.45, 2.75) is 86.0 Å². The maximum Gasteiger partial charge on any atom is -0.00180 e. The lowest BCUT2D eigenvalue weighted by atomic mass is 9.64. The summed E-state index contributed by atoms with van der Waals surface area (Å²) in [4.78, 5) is 0. The van der Waals surface area contributed by atoms with Gasteiger partial charge >= 0.3 is 0 Å². The van der Waals surface area contributed by atoms with Gasteiger partial charge in [-0.15, -0.1) is 0 Å². The van der Waals surface area contributed by atoms with E-state index in [1.165, 1.54) is 57.9 Å². The van der Waals surface area contributed by atoms with Crippen LogP contribution in [0, 0.1) is 23.2 Å². The molecule has 0 aromatic rings. The summed E-state index contributed by atoms with van der Waals surface area (Å²) in [6.45, 7) is 14.3. The zero-order chi connectivity index (χ0) is 15.0. The van der Waals surface area contributed by atoms with Crippen LogP contribution in [-0.2, 0) is 0 Å². The van der Waals surface area contributed by atoms with Crippen LogP contribution in [-0.4, -0.2) is 13.1 Å². The fourth-order valence-corrected chi connectivity index (χ4v) is 4.07. The van der Waals surface area contributed by atoms with Crippen LogP contribution in [0.3, 0.4) is 0 Å². The summed E-state index contributed by atoms with van der Waals surface area (Å²) >= 11 is 0. The Bertz CT molecular complexity index is 246. The van der Waals surface area contributed by atoms with E-state index in [2.05, 4.69) is 39.9 Å². The molecule has 20 heavy (non-hydrogen) atoms. The van der Waals surface area contributed by atoms with Crippen LogP contribution in [0.1, 0.15) is 86.0 Å². The van der Waals surface area contributed by atoms with Gasteiger partial charge in [0, 0.05) is 0 Å². The van der Waals surface area contributed by atoms with Crippen LogP contribution in [0.25, 0.3) is 0 Å². The van der Waals surface area contributed by atoms with Gasteiger partial charge in [0.2, 0.25) is 0 Å². The fraction of sp³-hybridized carbons (Fsp3) is 1.00. The van der Waals surface area contributed by atoms with E-state index in [0.29, 0.717) is 5.41 Å². The summed E-state index contributed by atoms with van der Waals surface area (Å²) in [5.74, 6) is 2.86. The Labute approximate surface area is 128 Å². The van der Waals surface area contributed by atoms with Gasteiger partial charge in [-0.05, 0) is 61.9 Å². The van der Waals surface area contributed by atoms with Crippen molar-refractivity contribution < 1.29 is 0 Å². The molecule has 1 heteroatoms. The zero-order valence-corrected chi connectivity index (χ0v) is 14.8. The van der Waals surface area contributed by atoms with Gasteiger partial charge in [0.25, 0.3) is 0 Å². The van der Waals surface area contributed by atoms with Gasteiger partial charge in [-0.25, -0.2) is 0 Å². The second-order valence-corrected chi connectivity index (χ2v) is 7.89. The lowest BCUT2D eigenvalue weighted by Crippen LogP contribution is -2.36. The van der Waals surface area contributed by atoms with Gasteiger partial charge in [0.1, 0.15) is 0 Å². The minimum Gasteiger partial charge on any atom is -0.317 e. The molecule has 1 N–H and O–H groups in total. The van der Waals surface area contributed by atoms with E-state index in [0.717, 1.165) is 24.3 Å². The molecule has 3 unspecified atom stereocenters. The maximum absolute atomic E-state index is 3.61. The molecule has 0 saturated heterocycles. The molecule has 0 amide bonds. The summed E-state index contributed by atoms with van der Waals surface area (Å²) < 4.78 is 0. The van der Waals surface area contributed by atoms with Crippen LogP contribution in [0.2, 0.25) is 0 Å². The topological polar surface area (TPSA) is 12.0 Å². The zero-order valence-electron chi connectivity index (χ0n) is 14.8. The van der Waals surface area contributed by atoms with Crippen molar-refractivity contribution in [1.82, 2.24) is 5.32 Å². The Kier molecular flexibility index (Phi) is 8.17. The molecule has 120 valence electrons. The molecule has 0 aromatic heterocycles. The maximum atomic E-state index is 3.61. The molecular formula is C19H39N. The standard InChI is InChI=1S/C19H39N/c1-6-9-10-16(7-2)13-18-14-19(4,5)12-11-17(18)15-20-8-3/h16-18,20H,6-15H2,1-5H3. The largest absolute Gasteiger partial charge is 0.317 e. The molecule has 0 bridgehead atoms. The highest BCUT2D eigenvalue weighted by molar-refractivity contribution is 4.87. The predicted octanol–water partition coefficient (Wildman–Crippen LogP) is 5.64. The first kappa shape index (κ1) is 18.0. The van der Waals surface area contributed by atoms with Crippen molar-refractivity contribution in [2.24, 2.45) is 23.2 Å². The first-order valence-corrected chi connectivity index (χ1v) is 9.23. The van der Waals surface area contributed by atoms with Gasteiger partial charge in [-0.3, -0.25) is 0 Å². The Morgan fingerprint density at radius 1 is 1.15 bits per heavy atom. The average molecular weight is 282 g/mol. The smallest absolute Gasteiger partial charge is 0.00180 e. The molecule has 3 atom stereocenters. The third-order valence-electron chi connectivity index (χ3n) is 5.51. The normalized spacial score (nSPS) is 27.4. The second kappa shape index (κ2) is 9.07. The van der Waals surface area contributed by atoms with Crippen molar-refractivity contribution >= 4 is 0 Å². The van der Waals surface area contributed by atoms with Gasteiger partial charge in [-0.1, -0.05) is 60.3 Å². The monoisotopic (exact) mass is 281 g/mol. The van der Waals surface area contributed by atoms with Crippen LogP contribution in [0.15, 0.2) is 0 Å². The second-order valence-electron chi connectivity index (χ2n) is 7.89. The van der Waals surface area contributed by atoms with Crippen LogP contribution in [0.5, 0.6) is 0 Å². The molecule has 0 heterocycles. The molecular weight excluding hydrogens is 242 g/mol. The summed E-state index contributed by atoms with van der Waals surface area (Å²) in [6, 6.07) is 0. The third kappa shape index (κ3) is 6.16. The van der Waals surface area contributed by atoms with Gasteiger partial charge in [0.05, 0.1) is 0 Å². The van der Waals surface area contributed by atoms with Crippen LogP contribution >= 0.6 is 0 Å². The Hall–Kier alpha value is -0.0400. The van der Waals surface area contributed by atoms with E-state index >= 15 is 0 Å². The van der Waals surface area contributed by atoms with Crippen LogP contribution in [0.4, 0.5) is 0 Å². The van der Waals surface area contributed by atoms with E-state index in [4.69, 9.17) is 0 Å². The molecule has 1 aliphatic rings.